The Balaban J connectivity index is 1.78. The summed E-state index contributed by atoms with van der Waals surface area (Å²) in [4.78, 5) is 15.6. The smallest absolute Gasteiger partial charge is 0.219 e. The fourth-order valence-electron chi connectivity index (χ4n) is 2.59. The summed E-state index contributed by atoms with van der Waals surface area (Å²) >= 11 is 0. The number of carbonyl (C=O) groups is 1. The molecule has 1 saturated carbocycles. The third kappa shape index (κ3) is 2.95. The Morgan fingerprint density at radius 2 is 2.19 bits per heavy atom. The molecule has 1 saturated heterocycles. The van der Waals surface area contributed by atoms with E-state index in [0.29, 0.717) is 12.0 Å². The number of aliphatic hydroxyl groups excluding tert-OH is 1. The predicted molar refractivity (Wildman–Crippen MR) is 62.0 cm³/mol. The lowest BCUT2D eigenvalue weighted by Gasteiger charge is -2.24. The number of amides is 1. The fraction of sp³-hybridized carbons (Fsp3) is 0.917. The molecule has 0 bridgehead atoms. The number of hydrogen-bond donors (Lipinski definition) is 1. The van der Waals surface area contributed by atoms with Crippen molar-refractivity contribution in [3.8, 4) is 0 Å². The van der Waals surface area contributed by atoms with E-state index in [1.165, 1.54) is 12.8 Å². The number of rotatable bonds is 5. The largest absolute Gasteiger partial charge is 0.395 e. The maximum atomic E-state index is 11.2. The zero-order valence-electron chi connectivity index (χ0n) is 10.1. The van der Waals surface area contributed by atoms with Crippen LogP contribution in [0, 0.1) is 5.92 Å². The van der Waals surface area contributed by atoms with Crippen LogP contribution >= 0.6 is 0 Å². The van der Waals surface area contributed by atoms with Gasteiger partial charge in [-0.2, -0.15) is 0 Å². The molecule has 4 nitrogen and oxygen atoms in total. The van der Waals surface area contributed by atoms with Gasteiger partial charge in [-0.1, -0.05) is 0 Å². The van der Waals surface area contributed by atoms with Crippen LogP contribution in [-0.4, -0.2) is 59.6 Å². The molecule has 0 aromatic carbocycles. The predicted octanol–water partition coefficient (Wildman–Crippen LogP) is 0.311. The molecule has 1 aliphatic heterocycles. The average Bonchev–Trinajstić information content (AvgIpc) is 2.98. The quantitative estimate of drug-likeness (QED) is 0.734. The minimum absolute atomic E-state index is 0.197. The molecule has 1 atom stereocenters. The van der Waals surface area contributed by atoms with Crippen LogP contribution in [0.2, 0.25) is 0 Å². The molecule has 1 N–H and O–H groups in total. The van der Waals surface area contributed by atoms with Gasteiger partial charge in [0.1, 0.15) is 0 Å². The molecule has 2 fully saturated rings. The van der Waals surface area contributed by atoms with Crippen molar-refractivity contribution in [2.75, 3.05) is 32.8 Å². The first-order valence-electron chi connectivity index (χ1n) is 6.31. The molecule has 1 heterocycles. The van der Waals surface area contributed by atoms with Crippen LogP contribution in [0.4, 0.5) is 0 Å². The van der Waals surface area contributed by atoms with E-state index in [4.69, 9.17) is 5.11 Å². The molecular formula is C12H22N2O2. The molecule has 0 aromatic heterocycles. The van der Waals surface area contributed by atoms with Gasteiger partial charge >= 0.3 is 0 Å². The van der Waals surface area contributed by atoms with Crippen LogP contribution < -0.4 is 0 Å². The Labute approximate surface area is 97.2 Å². The second-order valence-electron chi connectivity index (χ2n) is 5.07. The van der Waals surface area contributed by atoms with Crippen molar-refractivity contribution in [2.24, 2.45) is 5.92 Å². The van der Waals surface area contributed by atoms with Gasteiger partial charge in [-0.05, 0) is 25.2 Å². The zero-order valence-corrected chi connectivity index (χ0v) is 10.1. The van der Waals surface area contributed by atoms with Gasteiger partial charge in [0, 0.05) is 39.1 Å². The first-order chi connectivity index (χ1) is 7.70. The van der Waals surface area contributed by atoms with Crippen LogP contribution in [0.1, 0.15) is 26.2 Å². The SMILES string of the molecule is CC(=O)N1CC[C@H](CN(CCO)C2CC2)C1. The van der Waals surface area contributed by atoms with Crippen LogP contribution in [-0.2, 0) is 4.79 Å². The average molecular weight is 226 g/mol. The molecule has 0 unspecified atom stereocenters. The van der Waals surface area contributed by atoms with E-state index < -0.39 is 0 Å². The van der Waals surface area contributed by atoms with Gasteiger partial charge in [-0.15, -0.1) is 0 Å². The Morgan fingerprint density at radius 3 is 2.69 bits per heavy atom. The molecule has 0 spiro atoms. The lowest BCUT2D eigenvalue weighted by Crippen LogP contribution is -2.35. The second-order valence-corrected chi connectivity index (χ2v) is 5.07. The van der Waals surface area contributed by atoms with E-state index >= 15 is 0 Å². The highest BCUT2D eigenvalue weighted by Crippen LogP contribution is 2.28. The van der Waals surface area contributed by atoms with Gasteiger partial charge in [0.05, 0.1) is 6.61 Å². The molecule has 0 aromatic rings. The van der Waals surface area contributed by atoms with E-state index in [9.17, 15) is 4.79 Å². The molecule has 1 amide bonds. The normalized spacial score (nSPS) is 25.4. The van der Waals surface area contributed by atoms with E-state index in [0.717, 1.165) is 32.6 Å². The number of nitrogens with zero attached hydrogens (tertiary/aromatic N) is 2. The molecule has 92 valence electrons. The van der Waals surface area contributed by atoms with Crippen LogP contribution in [0.5, 0.6) is 0 Å². The lowest BCUT2D eigenvalue weighted by atomic mass is 10.1. The Kier molecular flexibility index (Phi) is 3.82. The topological polar surface area (TPSA) is 43.8 Å². The molecular weight excluding hydrogens is 204 g/mol. The standard InChI is InChI=1S/C12H22N2O2/c1-10(16)13-5-4-11(8-13)9-14(6-7-15)12-2-3-12/h11-12,15H,2-9H2,1H3/t11-/m0/s1. The molecule has 2 aliphatic rings. The van der Waals surface area contributed by atoms with Gasteiger partial charge in [0.2, 0.25) is 5.91 Å². The van der Waals surface area contributed by atoms with E-state index in [1.807, 2.05) is 4.90 Å². The number of likely N-dealkylation sites (tertiary alicyclic amines) is 1. The molecule has 4 heteroatoms. The van der Waals surface area contributed by atoms with Crippen molar-refractivity contribution >= 4 is 5.91 Å². The van der Waals surface area contributed by atoms with Crippen molar-refractivity contribution < 1.29 is 9.90 Å². The maximum Gasteiger partial charge on any atom is 0.219 e. The van der Waals surface area contributed by atoms with Crippen molar-refractivity contribution in [1.82, 2.24) is 9.80 Å². The third-order valence-electron chi connectivity index (χ3n) is 3.67. The van der Waals surface area contributed by atoms with Crippen molar-refractivity contribution in [1.29, 1.82) is 0 Å². The number of aliphatic hydroxyl groups is 1. The van der Waals surface area contributed by atoms with Crippen molar-refractivity contribution in [3.05, 3.63) is 0 Å². The van der Waals surface area contributed by atoms with Crippen LogP contribution in [0.25, 0.3) is 0 Å². The molecule has 16 heavy (non-hydrogen) atoms. The van der Waals surface area contributed by atoms with Gasteiger partial charge in [0.25, 0.3) is 0 Å². The summed E-state index contributed by atoms with van der Waals surface area (Å²) in [7, 11) is 0. The monoisotopic (exact) mass is 226 g/mol. The summed E-state index contributed by atoms with van der Waals surface area (Å²) in [5.74, 6) is 0.804. The maximum absolute atomic E-state index is 11.2. The van der Waals surface area contributed by atoms with Gasteiger partial charge in [-0.3, -0.25) is 9.69 Å². The van der Waals surface area contributed by atoms with Gasteiger partial charge in [0.15, 0.2) is 0 Å². The first kappa shape index (κ1) is 11.9. The Morgan fingerprint density at radius 1 is 1.44 bits per heavy atom. The summed E-state index contributed by atoms with van der Waals surface area (Å²) in [5, 5.41) is 9.02. The summed E-state index contributed by atoms with van der Waals surface area (Å²) < 4.78 is 0. The molecule has 1 aliphatic carbocycles. The van der Waals surface area contributed by atoms with Gasteiger partial charge in [-0.25, -0.2) is 0 Å². The minimum Gasteiger partial charge on any atom is -0.395 e. The number of hydrogen-bond acceptors (Lipinski definition) is 3. The molecule has 0 radical (unpaired) electrons. The lowest BCUT2D eigenvalue weighted by molar-refractivity contribution is -0.127. The van der Waals surface area contributed by atoms with Crippen LogP contribution in [0.3, 0.4) is 0 Å². The van der Waals surface area contributed by atoms with E-state index in [2.05, 4.69) is 4.90 Å². The summed E-state index contributed by atoms with van der Waals surface area (Å²) in [6.07, 6.45) is 3.68. The first-order valence-corrected chi connectivity index (χ1v) is 6.31. The Bertz CT molecular complexity index is 253. The highest BCUT2D eigenvalue weighted by atomic mass is 16.3. The summed E-state index contributed by atoms with van der Waals surface area (Å²) in [5.41, 5.74) is 0. The number of carbonyl (C=O) groups excluding carboxylic acids is 1. The van der Waals surface area contributed by atoms with E-state index in [-0.39, 0.29) is 12.5 Å². The zero-order chi connectivity index (χ0) is 11.5. The highest BCUT2D eigenvalue weighted by molar-refractivity contribution is 5.73. The second kappa shape index (κ2) is 5.15. The van der Waals surface area contributed by atoms with Gasteiger partial charge < -0.3 is 10.0 Å². The minimum atomic E-state index is 0.197. The Hall–Kier alpha value is -0.610. The third-order valence-corrected chi connectivity index (χ3v) is 3.67. The van der Waals surface area contributed by atoms with E-state index in [1.54, 1.807) is 6.92 Å². The molecule has 2 rings (SSSR count). The van der Waals surface area contributed by atoms with Crippen molar-refractivity contribution in [3.63, 3.8) is 0 Å². The summed E-state index contributed by atoms with van der Waals surface area (Å²) in [6, 6.07) is 0.707. The summed E-state index contributed by atoms with van der Waals surface area (Å²) in [6.45, 7) is 5.56. The fourth-order valence-corrected chi connectivity index (χ4v) is 2.59. The van der Waals surface area contributed by atoms with Crippen molar-refractivity contribution in [2.45, 2.75) is 32.2 Å². The highest BCUT2D eigenvalue weighted by Gasteiger charge is 2.32. The van der Waals surface area contributed by atoms with Crippen LogP contribution in [0.15, 0.2) is 0 Å².